The van der Waals surface area contributed by atoms with Gasteiger partial charge in [-0.3, -0.25) is 0 Å². The van der Waals surface area contributed by atoms with Gasteiger partial charge in [-0.25, -0.2) is 0 Å². The second-order valence-electron chi connectivity index (χ2n) is 4.99. The minimum Gasteiger partial charge on any atom is -0.486 e. The molecule has 102 valence electrons. The second kappa shape index (κ2) is 7.00. The van der Waals surface area contributed by atoms with Gasteiger partial charge in [-0.05, 0) is 36.7 Å². The van der Waals surface area contributed by atoms with E-state index in [1.54, 1.807) is 0 Å². The van der Waals surface area contributed by atoms with Crippen molar-refractivity contribution in [1.82, 2.24) is 5.32 Å². The molecular formula is C16H21NO2. The van der Waals surface area contributed by atoms with Gasteiger partial charge in [0.25, 0.3) is 0 Å². The average molecular weight is 259 g/mol. The van der Waals surface area contributed by atoms with Crippen LogP contribution in [-0.2, 0) is 13.2 Å². The summed E-state index contributed by atoms with van der Waals surface area (Å²) >= 11 is 0. The van der Waals surface area contributed by atoms with Crippen molar-refractivity contribution in [2.45, 2.75) is 27.0 Å². The van der Waals surface area contributed by atoms with Crippen molar-refractivity contribution in [1.29, 1.82) is 0 Å². The van der Waals surface area contributed by atoms with Gasteiger partial charge >= 0.3 is 0 Å². The lowest BCUT2D eigenvalue weighted by Crippen LogP contribution is -2.18. The first kappa shape index (κ1) is 13.7. The summed E-state index contributed by atoms with van der Waals surface area (Å²) in [6.07, 6.45) is 0. The highest BCUT2D eigenvalue weighted by Crippen LogP contribution is 2.13. The molecule has 0 atom stereocenters. The molecule has 0 aliphatic rings. The zero-order valence-electron chi connectivity index (χ0n) is 11.6. The first-order valence-corrected chi connectivity index (χ1v) is 6.70. The van der Waals surface area contributed by atoms with E-state index in [4.69, 9.17) is 9.15 Å². The van der Waals surface area contributed by atoms with Crippen molar-refractivity contribution in [3.8, 4) is 5.75 Å². The van der Waals surface area contributed by atoms with Gasteiger partial charge in [0.1, 0.15) is 23.9 Å². The average Bonchev–Trinajstić information content (AvgIpc) is 2.85. The van der Waals surface area contributed by atoms with Crippen LogP contribution in [0.4, 0.5) is 0 Å². The summed E-state index contributed by atoms with van der Waals surface area (Å²) in [4.78, 5) is 0. The molecule has 2 rings (SSSR count). The van der Waals surface area contributed by atoms with Crippen LogP contribution in [0.15, 0.2) is 46.9 Å². The zero-order valence-corrected chi connectivity index (χ0v) is 11.6. The topological polar surface area (TPSA) is 34.4 Å². The standard InChI is InChI=1S/C16H21NO2/c1-13(2)10-17-11-15-8-9-16(19-15)12-18-14-6-4-3-5-7-14/h3-9,13,17H,10-12H2,1-2H3. The number of ether oxygens (including phenoxy) is 1. The van der Waals surface area contributed by atoms with Gasteiger partial charge < -0.3 is 14.5 Å². The van der Waals surface area contributed by atoms with E-state index in [-0.39, 0.29) is 0 Å². The van der Waals surface area contributed by atoms with E-state index in [0.717, 1.165) is 30.4 Å². The van der Waals surface area contributed by atoms with E-state index < -0.39 is 0 Å². The number of rotatable bonds is 7. The molecule has 1 aromatic heterocycles. The Bertz CT molecular complexity index is 477. The van der Waals surface area contributed by atoms with Crippen LogP contribution in [0.2, 0.25) is 0 Å². The lowest BCUT2D eigenvalue weighted by molar-refractivity contribution is 0.265. The van der Waals surface area contributed by atoms with Crippen molar-refractivity contribution in [2.24, 2.45) is 5.92 Å². The SMILES string of the molecule is CC(C)CNCc1ccc(COc2ccccc2)o1. The molecule has 0 radical (unpaired) electrons. The summed E-state index contributed by atoms with van der Waals surface area (Å²) < 4.78 is 11.3. The van der Waals surface area contributed by atoms with Crippen molar-refractivity contribution in [2.75, 3.05) is 6.54 Å². The number of hydrogen-bond donors (Lipinski definition) is 1. The molecule has 0 spiro atoms. The van der Waals surface area contributed by atoms with Crippen LogP contribution >= 0.6 is 0 Å². The van der Waals surface area contributed by atoms with Crippen LogP contribution in [-0.4, -0.2) is 6.54 Å². The molecule has 1 heterocycles. The third-order valence-corrected chi connectivity index (χ3v) is 2.69. The Kier molecular flexibility index (Phi) is 5.04. The van der Waals surface area contributed by atoms with Gasteiger partial charge in [-0.2, -0.15) is 0 Å². The number of hydrogen-bond acceptors (Lipinski definition) is 3. The van der Waals surface area contributed by atoms with Gasteiger partial charge in [0.15, 0.2) is 0 Å². The first-order chi connectivity index (χ1) is 9.24. The van der Waals surface area contributed by atoms with E-state index in [9.17, 15) is 0 Å². The second-order valence-corrected chi connectivity index (χ2v) is 4.99. The Balaban J connectivity index is 1.77. The smallest absolute Gasteiger partial charge is 0.146 e. The molecule has 0 saturated carbocycles. The van der Waals surface area contributed by atoms with Crippen LogP contribution in [0.1, 0.15) is 25.4 Å². The van der Waals surface area contributed by atoms with Crippen LogP contribution in [0.3, 0.4) is 0 Å². The summed E-state index contributed by atoms with van der Waals surface area (Å²) in [5.41, 5.74) is 0. The third-order valence-electron chi connectivity index (χ3n) is 2.69. The van der Waals surface area contributed by atoms with E-state index in [0.29, 0.717) is 12.5 Å². The van der Waals surface area contributed by atoms with E-state index in [1.165, 1.54) is 0 Å². The predicted octanol–water partition coefficient (Wildman–Crippen LogP) is 3.60. The lowest BCUT2D eigenvalue weighted by Gasteiger charge is -2.05. The van der Waals surface area contributed by atoms with Crippen LogP contribution < -0.4 is 10.1 Å². The Morgan fingerprint density at radius 2 is 1.79 bits per heavy atom. The zero-order chi connectivity index (χ0) is 13.5. The van der Waals surface area contributed by atoms with Crippen LogP contribution in [0.25, 0.3) is 0 Å². The van der Waals surface area contributed by atoms with Crippen LogP contribution in [0, 0.1) is 5.92 Å². The highest BCUT2D eigenvalue weighted by atomic mass is 16.5. The normalized spacial score (nSPS) is 10.9. The molecule has 0 saturated heterocycles. The minimum atomic E-state index is 0.466. The summed E-state index contributed by atoms with van der Waals surface area (Å²) in [5, 5.41) is 3.35. The maximum atomic E-state index is 5.70. The number of nitrogens with one attached hydrogen (secondary N) is 1. The van der Waals surface area contributed by atoms with E-state index in [1.807, 2.05) is 42.5 Å². The Morgan fingerprint density at radius 3 is 2.53 bits per heavy atom. The van der Waals surface area contributed by atoms with Crippen LogP contribution in [0.5, 0.6) is 5.75 Å². The summed E-state index contributed by atoms with van der Waals surface area (Å²) in [6.45, 7) is 6.61. The molecule has 0 unspecified atom stereocenters. The molecule has 3 heteroatoms. The molecule has 0 amide bonds. The number of benzene rings is 1. The Morgan fingerprint density at radius 1 is 1.05 bits per heavy atom. The van der Waals surface area contributed by atoms with Crippen molar-refractivity contribution in [3.63, 3.8) is 0 Å². The molecule has 0 aliphatic carbocycles. The lowest BCUT2D eigenvalue weighted by atomic mass is 10.2. The van der Waals surface area contributed by atoms with E-state index in [2.05, 4.69) is 19.2 Å². The summed E-state index contributed by atoms with van der Waals surface area (Å²) in [7, 11) is 0. The van der Waals surface area contributed by atoms with Gasteiger partial charge in [0, 0.05) is 0 Å². The maximum Gasteiger partial charge on any atom is 0.146 e. The molecule has 0 aliphatic heterocycles. The highest BCUT2D eigenvalue weighted by Gasteiger charge is 2.03. The van der Waals surface area contributed by atoms with Gasteiger partial charge in [-0.15, -0.1) is 0 Å². The molecular weight excluding hydrogens is 238 g/mol. The molecule has 1 N–H and O–H groups in total. The summed E-state index contributed by atoms with van der Waals surface area (Å²) in [6, 6.07) is 13.7. The molecule has 0 fully saturated rings. The predicted molar refractivity (Wildman–Crippen MR) is 76.0 cm³/mol. The summed E-state index contributed by atoms with van der Waals surface area (Å²) in [5.74, 6) is 3.31. The van der Waals surface area contributed by atoms with Crippen molar-refractivity contribution >= 4 is 0 Å². The Labute approximate surface area is 114 Å². The van der Waals surface area contributed by atoms with E-state index >= 15 is 0 Å². The van der Waals surface area contributed by atoms with Gasteiger partial charge in [0.05, 0.1) is 6.54 Å². The highest BCUT2D eigenvalue weighted by molar-refractivity contribution is 5.21. The fourth-order valence-corrected chi connectivity index (χ4v) is 1.75. The largest absolute Gasteiger partial charge is 0.486 e. The first-order valence-electron chi connectivity index (χ1n) is 6.70. The molecule has 19 heavy (non-hydrogen) atoms. The number of para-hydroxylation sites is 1. The quantitative estimate of drug-likeness (QED) is 0.825. The molecule has 3 nitrogen and oxygen atoms in total. The van der Waals surface area contributed by atoms with Crippen molar-refractivity contribution in [3.05, 3.63) is 54.0 Å². The van der Waals surface area contributed by atoms with Gasteiger partial charge in [0.2, 0.25) is 0 Å². The van der Waals surface area contributed by atoms with Gasteiger partial charge in [-0.1, -0.05) is 32.0 Å². The maximum absolute atomic E-state index is 5.70. The monoisotopic (exact) mass is 259 g/mol. The fourth-order valence-electron chi connectivity index (χ4n) is 1.75. The molecule has 0 bridgehead atoms. The minimum absolute atomic E-state index is 0.466. The Hall–Kier alpha value is -1.74. The molecule has 2 aromatic rings. The third kappa shape index (κ3) is 4.79. The number of furan rings is 1. The van der Waals surface area contributed by atoms with Crippen molar-refractivity contribution < 1.29 is 9.15 Å². The molecule has 1 aromatic carbocycles. The fraction of sp³-hybridized carbons (Fsp3) is 0.375.